The number of carbonyl (C=O) groups excluding carboxylic acids is 2. The molecule has 0 saturated heterocycles. The van der Waals surface area contributed by atoms with Gasteiger partial charge in [-0.25, -0.2) is 14.6 Å². The molecule has 0 atom stereocenters. The van der Waals surface area contributed by atoms with E-state index >= 15 is 0 Å². The minimum absolute atomic E-state index is 0.385. The molecule has 2 rings (SSSR count). The molecule has 2 heterocycles. The molecule has 0 N–H and O–H groups in total. The Labute approximate surface area is 159 Å². The van der Waals surface area contributed by atoms with Crippen molar-refractivity contribution in [2.24, 2.45) is 0 Å². The lowest BCUT2D eigenvalue weighted by Crippen LogP contribution is -2.26. The van der Waals surface area contributed by atoms with Gasteiger partial charge in [0, 0.05) is 0 Å². The van der Waals surface area contributed by atoms with Gasteiger partial charge in [-0.1, -0.05) is 0 Å². The van der Waals surface area contributed by atoms with Crippen molar-refractivity contribution in [1.82, 2.24) is 4.98 Å². The summed E-state index contributed by atoms with van der Waals surface area (Å²) >= 11 is 0. The molecule has 158 valence electrons. The smallest absolute Gasteiger partial charge is 0.434 e. The summed E-state index contributed by atoms with van der Waals surface area (Å²) in [5, 5.41) is 0. The van der Waals surface area contributed by atoms with E-state index in [1.165, 1.54) is 13.8 Å². The predicted molar refractivity (Wildman–Crippen MR) is 83.9 cm³/mol. The van der Waals surface area contributed by atoms with Crippen LogP contribution in [0.15, 0.2) is 22.8 Å². The summed E-state index contributed by atoms with van der Waals surface area (Å²) < 4.78 is 95.3. The number of alkyl halides is 6. The summed E-state index contributed by atoms with van der Waals surface area (Å²) in [4.78, 5) is 27.2. The Morgan fingerprint density at radius 2 is 1.38 bits per heavy atom. The maximum Gasteiger partial charge on any atom is 0.434 e. The molecule has 0 aliphatic carbocycles. The number of furan rings is 1. The molecule has 2 aromatic rings. The molecule has 0 radical (unpaired) electrons. The average Bonchev–Trinajstić information content (AvgIpc) is 3.12. The Morgan fingerprint density at radius 1 is 0.931 bits per heavy atom. The fraction of sp³-hybridized carbons (Fsp3) is 0.353. The van der Waals surface area contributed by atoms with Crippen LogP contribution >= 0.6 is 0 Å². The molecule has 12 heteroatoms. The third kappa shape index (κ3) is 4.51. The number of esters is 2. The first-order valence-electron chi connectivity index (χ1n) is 8.03. The number of pyridine rings is 1. The van der Waals surface area contributed by atoms with Crippen molar-refractivity contribution in [1.29, 1.82) is 0 Å². The largest absolute Gasteiger partial charge is 0.464 e. The van der Waals surface area contributed by atoms with Crippen molar-refractivity contribution in [3.05, 3.63) is 40.9 Å². The van der Waals surface area contributed by atoms with Crippen molar-refractivity contribution < 1.29 is 49.8 Å². The van der Waals surface area contributed by atoms with Crippen molar-refractivity contribution in [2.45, 2.75) is 26.2 Å². The van der Waals surface area contributed by atoms with Crippen LogP contribution < -0.4 is 0 Å². The van der Waals surface area contributed by atoms with Gasteiger partial charge >= 0.3 is 24.3 Å². The second kappa shape index (κ2) is 8.13. The van der Waals surface area contributed by atoms with Crippen molar-refractivity contribution >= 4 is 11.9 Å². The number of hydrogen-bond donors (Lipinski definition) is 0. The number of nitrogens with zero attached hydrogens (tertiary/aromatic N) is 1. The zero-order valence-electron chi connectivity index (χ0n) is 14.9. The van der Waals surface area contributed by atoms with Gasteiger partial charge in [-0.05, 0) is 26.0 Å². The number of ether oxygens (including phenoxy) is 2. The molecular weight excluding hydrogens is 412 g/mol. The second-order valence-corrected chi connectivity index (χ2v) is 5.35. The first kappa shape index (κ1) is 22.2. The van der Waals surface area contributed by atoms with E-state index in [1.807, 2.05) is 0 Å². The van der Waals surface area contributed by atoms with Crippen LogP contribution in [0.2, 0.25) is 0 Å². The fourth-order valence-electron chi connectivity index (χ4n) is 2.47. The maximum absolute atomic E-state index is 13.5. The number of carbonyl (C=O) groups is 2. The van der Waals surface area contributed by atoms with Crippen LogP contribution in [0.25, 0.3) is 11.3 Å². The number of aromatic nitrogens is 1. The molecular formula is C17H13F6NO5. The van der Waals surface area contributed by atoms with Crippen LogP contribution in [0.4, 0.5) is 26.3 Å². The molecule has 2 aromatic heterocycles. The topological polar surface area (TPSA) is 78.6 Å². The lowest BCUT2D eigenvalue weighted by molar-refractivity contribution is -0.150. The Kier molecular flexibility index (Phi) is 6.24. The highest BCUT2D eigenvalue weighted by molar-refractivity contribution is 6.06. The normalized spacial score (nSPS) is 12.0. The van der Waals surface area contributed by atoms with E-state index in [-0.39, 0.29) is 13.2 Å². The third-order valence-corrected chi connectivity index (χ3v) is 3.46. The van der Waals surface area contributed by atoms with Crippen LogP contribution in [0, 0.1) is 0 Å². The molecule has 0 spiro atoms. The molecule has 6 nitrogen and oxygen atoms in total. The van der Waals surface area contributed by atoms with Gasteiger partial charge in [0.15, 0.2) is 11.4 Å². The maximum atomic E-state index is 13.5. The molecule has 0 saturated carbocycles. The Morgan fingerprint density at radius 3 is 1.69 bits per heavy atom. The van der Waals surface area contributed by atoms with E-state index in [0.29, 0.717) is 0 Å². The molecule has 0 unspecified atom stereocenters. The van der Waals surface area contributed by atoms with E-state index in [2.05, 4.69) is 14.5 Å². The lowest BCUT2D eigenvalue weighted by atomic mass is 9.95. The van der Waals surface area contributed by atoms with Gasteiger partial charge in [-0.3, -0.25) is 0 Å². The van der Waals surface area contributed by atoms with E-state index in [0.717, 1.165) is 18.4 Å². The van der Waals surface area contributed by atoms with E-state index in [9.17, 15) is 35.9 Å². The summed E-state index contributed by atoms with van der Waals surface area (Å²) in [7, 11) is 0. The van der Waals surface area contributed by atoms with E-state index in [4.69, 9.17) is 4.42 Å². The van der Waals surface area contributed by atoms with Crippen LogP contribution in [-0.4, -0.2) is 30.1 Å². The van der Waals surface area contributed by atoms with Gasteiger partial charge in [-0.15, -0.1) is 0 Å². The van der Waals surface area contributed by atoms with Gasteiger partial charge in [0.1, 0.15) is 16.9 Å². The number of rotatable bonds is 5. The lowest BCUT2D eigenvalue weighted by Gasteiger charge is -2.20. The highest BCUT2D eigenvalue weighted by atomic mass is 19.4. The predicted octanol–water partition coefficient (Wildman–Crippen LogP) is 4.73. The molecule has 0 fully saturated rings. The fourth-order valence-corrected chi connectivity index (χ4v) is 2.47. The molecule has 0 aliphatic heterocycles. The van der Waals surface area contributed by atoms with Crippen molar-refractivity contribution in [2.75, 3.05) is 13.2 Å². The quantitative estimate of drug-likeness (QED) is 0.509. The van der Waals surface area contributed by atoms with Gasteiger partial charge in [-0.2, -0.15) is 26.3 Å². The first-order chi connectivity index (χ1) is 13.4. The van der Waals surface area contributed by atoms with Crippen LogP contribution in [-0.2, 0) is 21.8 Å². The zero-order valence-corrected chi connectivity index (χ0v) is 14.9. The van der Waals surface area contributed by atoms with Crippen LogP contribution in [0.1, 0.15) is 46.0 Å². The molecule has 0 aromatic carbocycles. The zero-order chi connectivity index (χ0) is 22.0. The van der Waals surface area contributed by atoms with Crippen molar-refractivity contribution in [3.63, 3.8) is 0 Å². The summed E-state index contributed by atoms with van der Waals surface area (Å²) in [6, 6.07) is 2.14. The standard InChI is InChI=1S/C17H13F6NO5/c1-3-27-14(25)10-9(8-6-5-7-29-8)11(15(26)28-4-2)13(17(21,22)23)24-12(10)16(18,19)20/h5-7H,3-4H2,1-2H3. The van der Waals surface area contributed by atoms with Gasteiger partial charge < -0.3 is 13.9 Å². The highest BCUT2D eigenvalue weighted by Gasteiger charge is 2.48. The SMILES string of the molecule is CCOC(=O)c1c(C(F)(F)F)nc(C(F)(F)F)c(C(=O)OCC)c1-c1ccco1. The monoisotopic (exact) mass is 425 g/mol. The Bertz CT molecular complexity index is 848. The third-order valence-electron chi connectivity index (χ3n) is 3.46. The highest BCUT2D eigenvalue weighted by Crippen LogP contribution is 2.43. The minimum Gasteiger partial charge on any atom is -0.464 e. The molecule has 0 aliphatic rings. The Balaban J connectivity index is 3.10. The second-order valence-electron chi connectivity index (χ2n) is 5.35. The van der Waals surface area contributed by atoms with Gasteiger partial charge in [0.2, 0.25) is 0 Å². The van der Waals surface area contributed by atoms with E-state index in [1.54, 1.807) is 0 Å². The summed E-state index contributed by atoms with van der Waals surface area (Å²) in [5.41, 5.74) is -8.16. The Hall–Kier alpha value is -3.05. The van der Waals surface area contributed by atoms with Crippen LogP contribution in [0.5, 0.6) is 0 Å². The van der Waals surface area contributed by atoms with Crippen molar-refractivity contribution in [3.8, 4) is 11.3 Å². The van der Waals surface area contributed by atoms with Gasteiger partial charge in [0.05, 0.1) is 25.0 Å². The summed E-state index contributed by atoms with van der Waals surface area (Å²) in [6.45, 7) is 1.79. The summed E-state index contributed by atoms with van der Waals surface area (Å²) in [6.07, 6.45) is -10.0. The average molecular weight is 425 g/mol. The number of halogens is 6. The molecule has 29 heavy (non-hydrogen) atoms. The van der Waals surface area contributed by atoms with Crippen LogP contribution in [0.3, 0.4) is 0 Å². The minimum atomic E-state index is -5.48. The molecule has 0 amide bonds. The summed E-state index contributed by atoms with van der Waals surface area (Å²) in [5.74, 6) is -3.86. The van der Waals surface area contributed by atoms with Gasteiger partial charge in [0.25, 0.3) is 0 Å². The number of hydrogen-bond acceptors (Lipinski definition) is 6. The first-order valence-corrected chi connectivity index (χ1v) is 8.03. The molecule has 0 bridgehead atoms. The van der Waals surface area contributed by atoms with E-state index < -0.39 is 58.1 Å².